The van der Waals surface area contributed by atoms with E-state index in [2.05, 4.69) is 10.3 Å². The largest absolute Gasteiger partial charge is 0.472 e. The minimum atomic E-state index is -0.189. The molecule has 25 heavy (non-hydrogen) atoms. The molecular formula is C20H18N2O3. The van der Waals surface area contributed by atoms with E-state index in [1.165, 1.54) is 0 Å². The van der Waals surface area contributed by atoms with Gasteiger partial charge in [0.1, 0.15) is 6.10 Å². The molecule has 2 aromatic carbocycles. The van der Waals surface area contributed by atoms with E-state index < -0.39 is 0 Å². The highest BCUT2D eigenvalue weighted by atomic mass is 16.5. The monoisotopic (exact) mass is 334 g/mol. The van der Waals surface area contributed by atoms with Crippen molar-refractivity contribution >= 4 is 22.4 Å². The van der Waals surface area contributed by atoms with Gasteiger partial charge in [-0.1, -0.05) is 36.4 Å². The lowest BCUT2D eigenvalue weighted by molar-refractivity contribution is 0.102. The Bertz CT molecular complexity index is 899. The Morgan fingerprint density at radius 3 is 2.92 bits per heavy atom. The number of anilines is 1. The number of pyridine rings is 1. The first kappa shape index (κ1) is 15.6. The number of carbonyl (C=O) groups is 1. The summed E-state index contributed by atoms with van der Waals surface area (Å²) >= 11 is 0. The van der Waals surface area contributed by atoms with Crippen LogP contribution in [0.15, 0.2) is 60.8 Å². The molecule has 1 amide bonds. The summed E-state index contributed by atoms with van der Waals surface area (Å²) in [6.07, 6.45) is 2.43. The van der Waals surface area contributed by atoms with Crippen LogP contribution in [-0.2, 0) is 4.74 Å². The van der Waals surface area contributed by atoms with Gasteiger partial charge >= 0.3 is 0 Å². The topological polar surface area (TPSA) is 60.5 Å². The number of aromatic nitrogens is 1. The third kappa shape index (κ3) is 3.46. The number of fused-ring (bicyclic) bond motifs is 1. The summed E-state index contributed by atoms with van der Waals surface area (Å²) in [5, 5.41) is 5.07. The number of carbonyl (C=O) groups excluding carboxylic acids is 1. The van der Waals surface area contributed by atoms with Gasteiger partial charge in [-0.15, -0.1) is 0 Å². The van der Waals surface area contributed by atoms with Crippen molar-refractivity contribution in [3.8, 4) is 5.88 Å². The van der Waals surface area contributed by atoms with E-state index in [1.54, 1.807) is 18.3 Å². The van der Waals surface area contributed by atoms with E-state index in [0.717, 1.165) is 22.9 Å². The van der Waals surface area contributed by atoms with Crippen molar-refractivity contribution in [3.05, 3.63) is 66.4 Å². The quantitative estimate of drug-likeness (QED) is 0.791. The summed E-state index contributed by atoms with van der Waals surface area (Å²) in [7, 11) is 0. The van der Waals surface area contributed by atoms with E-state index in [0.29, 0.717) is 24.7 Å². The van der Waals surface area contributed by atoms with Crippen molar-refractivity contribution in [1.29, 1.82) is 0 Å². The van der Waals surface area contributed by atoms with Crippen molar-refractivity contribution in [2.45, 2.75) is 12.5 Å². The Morgan fingerprint density at radius 1 is 1.16 bits per heavy atom. The molecule has 1 aliphatic heterocycles. The molecule has 1 N–H and O–H groups in total. The fourth-order valence-corrected chi connectivity index (χ4v) is 2.92. The second-order valence-electron chi connectivity index (χ2n) is 5.97. The van der Waals surface area contributed by atoms with Crippen LogP contribution in [0.3, 0.4) is 0 Å². The lowest BCUT2D eigenvalue weighted by Gasteiger charge is -2.12. The fraction of sp³-hybridized carbons (Fsp3) is 0.200. The average Bonchev–Trinajstić information content (AvgIpc) is 3.15. The highest BCUT2D eigenvalue weighted by molar-refractivity contribution is 6.09. The van der Waals surface area contributed by atoms with Crippen LogP contribution in [0.5, 0.6) is 5.88 Å². The first-order chi connectivity index (χ1) is 12.3. The number of amides is 1. The molecule has 5 heteroatoms. The molecule has 4 rings (SSSR count). The Labute approximate surface area is 145 Å². The maximum Gasteiger partial charge on any atom is 0.255 e. The van der Waals surface area contributed by atoms with Crippen LogP contribution < -0.4 is 10.1 Å². The lowest BCUT2D eigenvalue weighted by atomic mass is 10.1. The van der Waals surface area contributed by atoms with Gasteiger partial charge in [0.25, 0.3) is 5.91 Å². The van der Waals surface area contributed by atoms with Gasteiger partial charge in [0.15, 0.2) is 0 Å². The molecule has 126 valence electrons. The van der Waals surface area contributed by atoms with E-state index >= 15 is 0 Å². The van der Waals surface area contributed by atoms with Gasteiger partial charge < -0.3 is 14.8 Å². The standard InChI is InChI=1S/C20H18N2O3/c23-20(22-18-7-3-5-14-4-1-2-6-17(14)18)15-8-10-21-19(12-15)25-16-9-11-24-13-16/h1-8,10,12,16H,9,11,13H2,(H,22,23). The highest BCUT2D eigenvalue weighted by Crippen LogP contribution is 2.24. The summed E-state index contributed by atoms with van der Waals surface area (Å²) in [5.41, 5.74) is 1.29. The molecule has 1 aliphatic rings. The van der Waals surface area contributed by atoms with Crippen LogP contribution in [-0.4, -0.2) is 30.2 Å². The molecule has 2 heterocycles. The number of nitrogens with one attached hydrogen (secondary N) is 1. The van der Waals surface area contributed by atoms with Crippen molar-refractivity contribution in [1.82, 2.24) is 4.98 Å². The zero-order chi connectivity index (χ0) is 17.1. The van der Waals surface area contributed by atoms with Gasteiger partial charge in [-0.05, 0) is 17.5 Å². The van der Waals surface area contributed by atoms with Gasteiger partial charge in [0.05, 0.1) is 13.2 Å². The van der Waals surface area contributed by atoms with Gasteiger partial charge in [-0.25, -0.2) is 4.98 Å². The Balaban J connectivity index is 1.54. The molecule has 0 saturated carbocycles. The van der Waals surface area contributed by atoms with Crippen molar-refractivity contribution in [2.75, 3.05) is 18.5 Å². The minimum Gasteiger partial charge on any atom is -0.472 e. The van der Waals surface area contributed by atoms with Gasteiger partial charge in [-0.3, -0.25) is 4.79 Å². The summed E-state index contributed by atoms with van der Waals surface area (Å²) in [6.45, 7) is 1.26. The van der Waals surface area contributed by atoms with Crippen molar-refractivity contribution < 1.29 is 14.3 Å². The molecule has 0 aliphatic carbocycles. The maximum absolute atomic E-state index is 12.6. The second kappa shape index (κ2) is 6.91. The Hall–Kier alpha value is -2.92. The predicted molar refractivity (Wildman–Crippen MR) is 96.0 cm³/mol. The van der Waals surface area contributed by atoms with Gasteiger partial charge in [-0.2, -0.15) is 0 Å². The first-order valence-corrected chi connectivity index (χ1v) is 8.29. The SMILES string of the molecule is O=C(Nc1cccc2ccccc12)c1ccnc(OC2CCOC2)c1. The molecular weight excluding hydrogens is 316 g/mol. The fourth-order valence-electron chi connectivity index (χ4n) is 2.92. The lowest BCUT2D eigenvalue weighted by Crippen LogP contribution is -2.17. The zero-order valence-corrected chi connectivity index (χ0v) is 13.6. The van der Waals surface area contributed by atoms with E-state index in [-0.39, 0.29) is 12.0 Å². The third-order valence-electron chi connectivity index (χ3n) is 4.21. The van der Waals surface area contributed by atoms with E-state index in [1.807, 2.05) is 42.5 Å². The molecule has 0 radical (unpaired) electrons. The molecule has 1 atom stereocenters. The number of hydrogen-bond acceptors (Lipinski definition) is 4. The van der Waals surface area contributed by atoms with Crippen LogP contribution in [0.1, 0.15) is 16.8 Å². The normalized spacial score (nSPS) is 16.7. The maximum atomic E-state index is 12.6. The van der Waals surface area contributed by atoms with Crippen LogP contribution in [0.4, 0.5) is 5.69 Å². The van der Waals surface area contributed by atoms with Crippen LogP contribution in [0, 0.1) is 0 Å². The van der Waals surface area contributed by atoms with Crippen LogP contribution in [0.25, 0.3) is 10.8 Å². The second-order valence-corrected chi connectivity index (χ2v) is 5.97. The molecule has 1 fully saturated rings. The molecule has 0 bridgehead atoms. The molecule has 1 saturated heterocycles. The molecule has 5 nitrogen and oxygen atoms in total. The number of rotatable bonds is 4. The smallest absolute Gasteiger partial charge is 0.255 e. The Morgan fingerprint density at radius 2 is 2.04 bits per heavy atom. The summed E-state index contributed by atoms with van der Waals surface area (Å²) in [4.78, 5) is 16.8. The molecule has 1 aromatic heterocycles. The number of hydrogen-bond donors (Lipinski definition) is 1. The number of benzene rings is 2. The first-order valence-electron chi connectivity index (χ1n) is 8.29. The summed E-state index contributed by atoms with van der Waals surface area (Å²) in [5.74, 6) is 0.257. The van der Waals surface area contributed by atoms with Gasteiger partial charge in [0.2, 0.25) is 5.88 Å². The van der Waals surface area contributed by atoms with Crippen molar-refractivity contribution in [2.24, 2.45) is 0 Å². The van der Waals surface area contributed by atoms with Crippen molar-refractivity contribution in [3.63, 3.8) is 0 Å². The molecule has 1 unspecified atom stereocenters. The van der Waals surface area contributed by atoms with E-state index in [9.17, 15) is 4.79 Å². The third-order valence-corrected chi connectivity index (χ3v) is 4.21. The zero-order valence-electron chi connectivity index (χ0n) is 13.6. The summed E-state index contributed by atoms with van der Waals surface area (Å²) < 4.78 is 11.1. The molecule has 3 aromatic rings. The van der Waals surface area contributed by atoms with E-state index in [4.69, 9.17) is 9.47 Å². The average molecular weight is 334 g/mol. The van der Waals surface area contributed by atoms with Crippen LogP contribution >= 0.6 is 0 Å². The minimum absolute atomic E-state index is 0.00359. The number of nitrogens with zero attached hydrogens (tertiary/aromatic N) is 1. The highest BCUT2D eigenvalue weighted by Gasteiger charge is 2.18. The molecule has 0 spiro atoms. The van der Waals surface area contributed by atoms with Crippen LogP contribution in [0.2, 0.25) is 0 Å². The van der Waals surface area contributed by atoms with Gasteiger partial charge in [0, 0.05) is 35.3 Å². The predicted octanol–water partition coefficient (Wildman–Crippen LogP) is 3.65. The Kier molecular flexibility index (Phi) is 4.31. The summed E-state index contributed by atoms with van der Waals surface area (Å²) in [6, 6.07) is 17.1. The number of ether oxygens (including phenoxy) is 2.